The Morgan fingerprint density at radius 1 is 1.47 bits per heavy atom. The minimum Gasteiger partial charge on any atom is -0.484 e. The summed E-state index contributed by atoms with van der Waals surface area (Å²) in [7, 11) is 0. The van der Waals surface area contributed by atoms with Gasteiger partial charge in [-0.2, -0.15) is 16.1 Å². The lowest BCUT2D eigenvalue weighted by Crippen LogP contribution is -2.09. The van der Waals surface area contributed by atoms with E-state index in [1.54, 1.807) is 0 Å². The number of nitrogens with two attached hydrogens (primary N) is 1. The smallest absolute Gasteiger partial charge is 0.197 e. The average molecular weight is 275 g/mol. The topological polar surface area (TPSA) is 60.2 Å². The number of nitrogens with one attached hydrogen (secondary N) is 1. The fourth-order valence-electron chi connectivity index (χ4n) is 1.33. The van der Waals surface area contributed by atoms with Crippen molar-refractivity contribution < 1.29 is 4.74 Å². The van der Waals surface area contributed by atoms with Crippen molar-refractivity contribution in [2.24, 2.45) is 0 Å². The van der Waals surface area contributed by atoms with Gasteiger partial charge in [0.15, 0.2) is 16.6 Å². The Morgan fingerprint density at radius 2 is 2.24 bits per heavy atom. The lowest BCUT2D eigenvalue weighted by atomic mass is 10.3. The number of hydrogen-bond donors (Lipinski definition) is 2. The minimum atomic E-state index is 0.116. The molecule has 1 rings (SSSR count). The first kappa shape index (κ1) is 14.4. The zero-order valence-electron chi connectivity index (χ0n) is 10.7. The van der Waals surface area contributed by atoms with Crippen LogP contribution in [0.1, 0.15) is 26.7 Å². The Kier molecular flexibility index (Phi) is 6.50. The summed E-state index contributed by atoms with van der Waals surface area (Å²) >= 11 is 3.25. The van der Waals surface area contributed by atoms with Gasteiger partial charge >= 0.3 is 0 Å². The number of nitrogens with zero attached hydrogens (tertiary/aromatic N) is 1. The van der Waals surface area contributed by atoms with Crippen molar-refractivity contribution in [1.82, 2.24) is 4.37 Å². The third kappa shape index (κ3) is 5.04. The first-order valence-corrected chi connectivity index (χ1v) is 7.96. The van der Waals surface area contributed by atoms with Crippen molar-refractivity contribution in [3.8, 4) is 5.75 Å². The van der Waals surface area contributed by atoms with E-state index in [9.17, 15) is 0 Å². The highest BCUT2D eigenvalue weighted by molar-refractivity contribution is 7.98. The Labute approximate surface area is 111 Å². The molecule has 6 heteroatoms. The summed E-state index contributed by atoms with van der Waals surface area (Å²) in [5.74, 6) is 2.40. The standard InChI is InChI=1S/C11H21N3OS2/c1-8(2)15-9-10(12)14-17-11(9)13-6-4-5-7-16-3/h8,13H,4-7H2,1-3H3,(H2,12,14). The van der Waals surface area contributed by atoms with Gasteiger partial charge in [0, 0.05) is 6.54 Å². The molecule has 0 atom stereocenters. The molecule has 98 valence electrons. The summed E-state index contributed by atoms with van der Waals surface area (Å²) in [5.41, 5.74) is 5.77. The molecular weight excluding hydrogens is 254 g/mol. The largest absolute Gasteiger partial charge is 0.484 e. The number of ether oxygens (including phenoxy) is 1. The van der Waals surface area contributed by atoms with Gasteiger partial charge in [-0.1, -0.05) is 0 Å². The van der Waals surface area contributed by atoms with E-state index in [0.29, 0.717) is 11.6 Å². The molecule has 0 saturated carbocycles. The molecule has 4 nitrogen and oxygen atoms in total. The van der Waals surface area contributed by atoms with Crippen LogP contribution < -0.4 is 15.8 Å². The Morgan fingerprint density at radius 3 is 2.88 bits per heavy atom. The summed E-state index contributed by atoms with van der Waals surface area (Å²) in [5, 5.41) is 4.28. The zero-order valence-corrected chi connectivity index (χ0v) is 12.3. The van der Waals surface area contributed by atoms with Crippen LogP contribution in [0.3, 0.4) is 0 Å². The second-order valence-electron chi connectivity index (χ2n) is 4.02. The summed E-state index contributed by atoms with van der Waals surface area (Å²) in [6.07, 6.45) is 4.62. The number of rotatable bonds is 8. The number of anilines is 2. The van der Waals surface area contributed by atoms with E-state index in [1.165, 1.54) is 23.7 Å². The highest BCUT2D eigenvalue weighted by atomic mass is 32.2. The van der Waals surface area contributed by atoms with Gasteiger partial charge < -0.3 is 15.8 Å². The molecule has 0 radical (unpaired) electrons. The van der Waals surface area contributed by atoms with Crippen LogP contribution in [0.25, 0.3) is 0 Å². The molecule has 0 bridgehead atoms. The van der Waals surface area contributed by atoms with Gasteiger partial charge in [0.2, 0.25) is 0 Å². The zero-order chi connectivity index (χ0) is 12.7. The average Bonchev–Trinajstić information content (AvgIpc) is 2.60. The molecule has 0 amide bonds. The van der Waals surface area contributed by atoms with Crippen LogP contribution in [0.5, 0.6) is 5.75 Å². The fraction of sp³-hybridized carbons (Fsp3) is 0.727. The third-order valence-corrected chi connectivity index (χ3v) is 3.59. The van der Waals surface area contributed by atoms with Gasteiger partial charge in [-0.3, -0.25) is 0 Å². The van der Waals surface area contributed by atoms with Crippen LogP contribution in [-0.4, -0.2) is 29.0 Å². The van der Waals surface area contributed by atoms with Gasteiger partial charge in [-0.15, -0.1) is 0 Å². The number of unbranched alkanes of at least 4 members (excludes halogenated alkanes) is 1. The molecule has 0 spiro atoms. The third-order valence-electron chi connectivity index (χ3n) is 2.09. The lowest BCUT2D eigenvalue weighted by Gasteiger charge is -2.11. The van der Waals surface area contributed by atoms with Crippen LogP contribution >= 0.6 is 23.3 Å². The summed E-state index contributed by atoms with van der Waals surface area (Å²) in [6, 6.07) is 0. The van der Waals surface area contributed by atoms with Crippen molar-refractivity contribution in [1.29, 1.82) is 0 Å². The maximum atomic E-state index is 5.77. The van der Waals surface area contributed by atoms with Crippen LogP contribution in [0, 0.1) is 0 Å². The molecule has 1 aromatic rings. The Balaban J connectivity index is 2.42. The van der Waals surface area contributed by atoms with Gasteiger partial charge in [0.05, 0.1) is 6.10 Å². The lowest BCUT2D eigenvalue weighted by molar-refractivity contribution is 0.245. The van der Waals surface area contributed by atoms with Gasteiger partial charge in [0.1, 0.15) is 0 Å². The molecule has 0 aliphatic carbocycles. The molecule has 0 aromatic carbocycles. The Bertz CT molecular complexity index is 329. The van der Waals surface area contributed by atoms with Crippen LogP contribution in [-0.2, 0) is 0 Å². The summed E-state index contributed by atoms with van der Waals surface area (Å²) in [6.45, 7) is 4.91. The first-order chi connectivity index (χ1) is 8.15. The van der Waals surface area contributed by atoms with E-state index >= 15 is 0 Å². The van der Waals surface area contributed by atoms with Crippen molar-refractivity contribution in [2.45, 2.75) is 32.8 Å². The fourth-order valence-corrected chi connectivity index (χ4v) is 2.50. The van der Waals surface area contributed by atoms with E-state index in [0.717, 1.165) is 18.0 Å². The predicted molar refractivity (Wildman–Crippen MR) is 78.4 cm³/mol. The molecule has 0 unspecified atom stereocenters. The number of hydrogen-bond acceptors (Lipinski definition) is 6. The SMILES string of the molecule is CSCCCCNc1snc(N)c1OC(C)C. The monoisotopic (exact) mass is 275 g/mol. The quantitative estimate of drug-likeness (QED) is 0.714. The number of aromatic nitrogens is 1. The highest BCUT2D eigenvalue weighted by Crippen LogP contribution is 2.35. The summed E-state index contributed by atoms with van der Waals surface area (Å²) in [4.78, 5) is 0. The van der Waals surface area contributed by atoms with Crippen molar-refractivity contribution in [3.63, 3.8) is 0 Å². The molecule has 0 aliphatic rings. The van der Waals surface area contributed by atoms with E-state index in [2.05, 4.69) is 15.9 Å². The van der Waals surface area contributed by atoms with E-state index in [-0.39, 0.29) is 6.10 Å². The van der Waals surface area contributed by atoms with Crippen LogP contribution in [0.15, 0.2) is 0 Å². The van der Waals surface area contributed by atoms with Crippen molar-refractivity contribution in [3.05, 3.63) is 0 Å². The normalized spacial score (nSPS) is 10.8. The Hall–Kier alpha value is -0.620. The second kappa shape index (κ2) is 7.66. The predicted octanol–water partition coefficient (Wildman–Crippen LogP) is 3.07. The second-order valence-corrected chi connectivity index (χ2v) is 5.78. The highest BCUT2D eigenvalue weighted by Gasteiger charge is 2.13. The van der Waals surface area contributed by atoms with E-state index < -0.39 is 0 Å². The molecule has 3 N–H and O–H groups in total. The van der Waals surface area contributed by atoms with Crippen molar-refractivity contribution >= 4 is 34.1 Å². The molecule has 1 aromatic heterocycles. The molecular formula is C11H21N3OS2. The number of thioether (sulfide) groups is 1. The molecule has 1 heterocycles. The van der Waals surface area contributed by atoms with Crippen LogP contribution in [0.4, 0.5) is 10.8 Å². The minimum absolute atomic E-state index is 0.116. The summed E-state index contributed by atoms with van der Waals surface area (Å²) < 4.78 is 9.76. The molecule has 0 aliphatic heterocycles. The van der Waals surface area contributed by atoms with E-state index in [1.807, 2.05) is 25.6 Å². The van der Waals surface area contributed by atoms with Gasteiger partial charge in [-0.25, -0.2) is 0 Å². The molecule has 0 saturated heterocycles. The van der Waals surface area contributed by atoms with Gasteiger partial charge in [0.25, 0.3) is 0 Å². The van der Waals surface area contributed by atoms with E-state index in [4.69, 9.17) is 10.5 Å². The number of nitrogen functional groups attached to an aromatic ring is 1. The first-order valence-electron chi connectivity index (χ1n) is 5.79. The van der Waals surface area contributed by atoms with Crippen molar-refractivity contribution in [2.75, 3.05) is 29.6 Å². The molecule has 17 heavy (non-hydrogen) atoms. The maximum Gasteiger partial charge on any atom is 0.197 e. The van der Waals surface area contributed by atoms with Gasteiger partial charge in [-0.05, 0) is 50.2 Å². The maximum absolute atomic E-state index is 5.77. The van der Waals surface area contributed by atoms with Crippen LogP contribution in [0.2, 0.25) is 0 Å². The molecule has 0 fully saturated rings.